The van der Waals surface area contributed by atoms with E-state index in [9.17, 15) is 0 Å². The third-order valence-electron chi connectivity index (χ3n) is 4.02. The number of aromatic nitrogens is 2. The third-order valence-corrected chi connectivity index (χ3v) is 4.40. The van der Waals surface area contributed by atoms with Crippen LogP contribution >= 0.6 is 15.9 Å². The lowest BCUT2D eigenvalue weighted by molar-refractivity contribution is 0.744. The highest BCUT2D eigenvalue weighted by Crippen LogP contribution is 2.35. The molecule has 1 aromatic heterocycles. The maximum atomic E-state index is 4.86. The fourth-order valence-electron chi connectivity index (χ4n) is 3.12. The van der Waals surface area contributed by atoms with Crippen LogP contribution in [0.3, 0.4) is 0 Å². The van der Waals surface area contributed by atoms with Crippen LogP contribution in [0.1, 0.15) is 36.4 Å². The van der Waals surface area contributed by atoms with Crippen molar-refractivity contribution in [3.63, 3.8) is 0 Å². The molecule has 0 radical (unpaired) electrons. The molecule has 2 aromatic carbocycles. The molecule has 1 heterocycles. The molecule has 0 bridgehead atoms. The van der Waals surface area contributed by atoms with Crippen LogP contribution in [0, 0.1) is 20.8 Å². The number of benzene rings is 2. The number of nitrogens with one attached hydrogen (secondary N) is 1. The van der Waals surface area contributed by atoms with Gasteiger partial charge in [0.25, 0.3) is 0 Å². The molecule has 2 nitrogen and oxygen atoms in total. The molecule has 22 heavy (non-hydrogen) atoms. The minimum absolute atomic E-state index is 0.166. The number of imidazole rings is 1. The van der Waals surface area contributed by atoms with Crippen molar-refractivity contribution >= 4 is 27.0 Å². The van der Waals surface area contributed by atoms with Crippen LogP contribution < -0.4 is 0 Å². The zero-order valence-corrected chi connectivity index (χ0v) is 15.3. The molecule has 0 unspecified atom stereocenters. The Balaban J connectivity index is 2.31. The summed E-state index contributed by atoms with van der Waals surface area (Å²) in [4.78, 5) is 8.30. The van der Waals surface area contributed by atoms with Crippen LogP contribution in [0.5, 0.6) is 0 Å². The van der Waals surface area contributed by atoms with E-state index in [1.807, 2.05) is 0 Å². The highest BCUT2D eigenvalue weighted by molar-refractivity contribution is 9.09. The number of halogens is 1. The molecular formula is C19H21BrN2. The van der Waals surface area contributed by atoms with E-state index in [4.69, 9.17) is 4.98 Å². The quantitative estimate of drug-likeness (QED) is 0.578. The lowest BCUT2D eigenvalue weighted by Gasteiger charge is -2.12. The molecule has 0 saturated heterocycles. The molecule has 0 fully saturated rings. The molecule has 0 aliphatic rings. The molecular weight excluding hydrogens is 336 g/mol. The Bertz CT molecular complexity index is 830. The van der Waals surface area contributed by atoms with Gasteiger partial charge in [-0.15, -0.1) is 0 Å². The van der Waals surface area contributed by atoms with Gasteiger partial charge < -0.3 is 4.98 Å². The van der Waals surface area contributed by atoms with Gasteiger partial charge in [0.05, 0.1) is 15.4 Å². The first kappa shape index (κ1) is 15.3. The topological polar surface area (TPSA) is 28.7 Å². The average molecular weight is 357 g/mol. The summed E-state index contributed by atoms with van der Waals surface area (Å²) in [6.45, 7) is 10.7. The van der Waals surface area contributed by atoms with E-state index in [-0.39, 0.29) is 4.32 Å². The van der Waals surface area contributed by atoms with Gasteiger partial charge in [-0.2, -0.15) is 0 Å². The number of aromatic amines is 1. The summed E-state index contributed by atoms with van der Waals surface area (Å²) in [5, 5.41) is 0. The molecule has 1 N–H and O–H groups in total. The predicted molar refractivity (Wildman–Crippen MR) is 97.7 cm³/mol. The van der Waals surface area contributed by atoms with Crippen molar-refractivity contribution in [2.24, 2.45) is 0 Å². The van der Waals surface area contributed by atoms with Gasteiger partial charge >= 0.3 is 0 Å². The monoisotopic (exact) mass is 356 g/mol. The predicted octanol–water partition coefficient (Wildman–Crippen LogP) is 5.79. The number of rotatable bonds is 2. The van der Waals surface area contributed by atoms with E-state index in [1.165, 1.54) is 27.8 Å². The number of hydrogen-bond donors (Lipinski definition) is 1. The van der Waals surface area contributed by atoms with Gasteiger partial charge in [0.15, 0.2) is 0 Å². The van der Waals surface area contributed by atoms with Crippen molar-refractivity contribution in [2.45, 2.75) is 38.9 Å². The number of aryl methyl sites for hydroxylation is 3. The van der Waals surface area contributed by atoms with E-state index in [1.54, 1.807) is 0 Å². The number of fused-ring (bicyclic) bond motifs is 1. The van der Waals surface area contributed by atoms with Crippen molar-refractivity contribution in [2.75, 3.05) is 0 Å². The van der Waals surface area contributed by atoms with Gasteiger partial charge in [0.2, 0.25) is 0 Å². The molecule has 3 heteroatoms. The molecule has 0 spiro atoms. The van der Waals surface area contributed by atoms with Crippen LogP contribution in [0.15, 0.2) is 30.3 Å². The number of hydrogen-bond acceptors (Lipinski definition) is 1. The standard InChI is InChI=1S/C19H21BrN2/c1-11-9-12(2)16(13(3)10-11)14-7-6-8-15-17(14)22-18(21-15)19(4,5)20/h6-10H,1-5H3,(H,21,22). The Hall–Kier alpha value is -1.61. The van der Waals surface area contributed by atoms with E-state index in [0.29, 0.717) is 0 Å². The van der Waals surface area contributed by atoms with Gasteiger partial charge in [0.1, 0.15) is 5.82 Å². The van der Waals surface area contributed by atoms with Crippen molar-refractivity contribution in [1.29, 1.82) is 0 Å². The lowest BCUT2D eigenvalue weighted by Crippen LogP contribution is -2.08. The molecule has 0 amide bonds. The zero-order valence-electron chi connectivity index (χ0n) is 13.7. The summed E-state index contributed by atoms with van der Waals surface area (Å²) in [7, 11) is 0. The Morgan fingerprint density at radius 3 is 2.27 bits per heavy atom. The molecule has 3 aromatic rings. The second-order valence-corrected chi connectivity index (χ2v) is 8.52. The Morgan fingerprint density at radius 2 is 1.68 bits per heavy atom. The fraction of sp³-hybridized carbons (Fsp3) is 0.316. The highest BCUT2D eigenvalue weighted by atomic mass is 79.9. The maximum absolute atomic E-state index is 4.86. The van der Waals surface area contributed by atoms with Gasteiger partial charge in [-0.1, -0.05) is 45.8 Å². The maximum Gasteiger partial charge on any atom is 0.123 e. The summed E-state index contributed by atoms with van der Waals surface area (Å²) in [6.07, 6.45) is 0. The summed E-state index contributed by atoms with van der Waals surface area (Å²) >= 11 is 3.69. The minimum Gasteiger partial charge on any atom is -0.341 e. The lowest BCUT2D eigenvalue weighted by atomic mass is 9.93. The van der Waals surface area contributed by atoms with Crippen molar-refractivity contribution in [3.8, 4) is 11.1 Å². The largest absolute Gasteiger partial charge is 0.341 e. The molecule has 0 saturated carbocycles. The third kappa shape index (κ3) is 2.58. The summed E-state index contributed by atoms with van der Waals surface area (Å²) in [5.41, 5.74) is 8.52. The van der Waals surface area contributed by atoms with E-state index in [2.05, 4.69) is 85.9 Å². The van der Waals surface area contributed by atoms with E-state index < -0.39 is 0 Å². The smallest absolute Gasteiger partial charge is 0.123 e. The highest BCUT2D eigenvalue weighted by Gasteiger charge is 2.22. The number of para-hydroxylation sites is 1. The first-order valence-corrected chi connectivity index (χ1v) is 8.33. The molecule has 0 aliphatic carbocycles. The van der Waals surface area contributed by atoms with Gasteiger partial charge in [-0.05, 0) is 57.4 Å². The van der Waals surface area contributed by atoms with Crippen LogP contribution in [0.25, 0.3) is 22.2 Å². The first-order chi connectivity index (χ1) is 10.3. The van der Waals surface area contributed by atoms with Gasteiger partial charge in [-0.3, -0.25) is 0 Å². The Kier molecular flexibility index (Phi) is 3.64. The molecule has 3 rings (SSSR count). The summed E-state index contributed by atoms with van der Waals surface area (Å²) < 4.78 is -0.166. The van der Waals surface area contributed by atoms with Gasteiger partial charge in [0, 0.05) is 5.56 Å². The van der Waals surface area contributed by atoms with Crippen molar-refractivity contribution < 1.29 is 0 Å². The molecule has 0 aliphatic heterocycles. The SMILES string of the molecule is Cc1cc(C)c(-c2cccc3[nH]c(C(C)(C)Br)nc23)c(C)c1. The van der Waals surface area contributed by atoms with Crippen molar-refractivity contribution in [1.82, 2.24) is 9.97 Å². The van der Waals surface area contributed by atoms with Crippen molar-refractivity contribution in [3.05, 3.63) is 52.8 Å². The Morgan fingerprint density at radius 1 is 1.05 bits per heavy atom. The Labute approximate surface area is 140 Å². The van der Waals surface area contributed by atoms with Crippen LogP contribution in [0.4, 0.5) is 0 Å². The zero-order chi connectivity index (χ0) is 16.1. The number of H-pyrrole nitrogens is 1. The molecule has 0 atom stereocenters. The van der Waals surface area contributed by atoms with Gasteiger partial charge in [-0.25, -0.2) is 4.98 Å². The second kappa shape index (κ2) is 5.24. The van der Waals surface area contributed by atoms with E-state index >= 15 is 0 Å². The van der Waals surface area contributed by atoms with Crippen LogP contribution in [-0.2, 0) is 4.32 Å². The van der Waals surface area contributed by atoms with E-state index in [0.717, 1.165) is 16.9 Å². The summed E-state index contributed by atoms with van der Waals surface area (Å²) in [6, 6.07) is 10.8. The second-order valence-electron chi connectivity index (χ2n) is 6.53. The first-order valence-electron chi connectivity index (χ1n) is 7.53. The number of nitrogens with zero attached hydrogens (tertiary/aromatic N) is 1. The fourth-order valence-corrected chi connectivity index (χ4v) is 3.31. The molecule has 114 valence electrons. The van der Waals surface area contributed by atoms with Crippen LogP contribution in [0.2, 0.25) is 0 Å². The number of alkyl halides is 1. The minimum atomic E-state index is -0.166. The summed E-state index contributed by atoms with van der Waals surface area (Å²) in [5.74, 6) is 0.956. The average Bonchev–Trinajstić information content (AvgIpc) is 2.82. The van der Waals surface area contributed by atoms with Crippen LogP contribution in [-0.4, -0.2) is 9.97 Å². The normalized spacial score (nSPS) is 12.1.